The molecule has 7 nitrogen and oxygen atoms in total. The van der Waals surface area contributed by atoms with Crippen molar-refractivity contribution < 1.29 is 14.3 Å². The molecule has 32 heavy (non-hydrogen) atoms. The number of thiophene rings is 1. The fraction of sp³-hybridized carbons (Fsp3) is 0.417. The molecule has 0 aliphatic carbocycles. The van der Waals surface area contributed by atoms with E-state index in [2.05, 4.69) is 24.1 Å². The first-order chi connectivity index (χ1) is 15.3. The van der Waals surface area contributed by atoms with Gasteiger partial charge in [0.25, 0.3) is 11.5 Å². The molecule has 0 unspecified atom stereocenters. The number of amides is 1. The van der Waals surface area contributed by atoms with Crippen LogP contribution in [0, 0.1) is 6.92 Å². The first-order valence-corrected chi connectivity index (χ1v) is 11.8. The lowest BCUT2D eigenvalue weighted by Crippen LogP contribution is -2.24. The normalized spacial score (nSPS) is 13.6. The Morgan fingerprint density at radius 3 is 2.66 bits per heavy atom. The van der Waals surface area contributed by atoms with E-state index in [9.17, 15) is 14.4 Å². The summed E-state index contributed by atoms with van der Waals surface area (Å²) in [4.78, 5) is 43.5. The van der Waals surface area contributed by atoms with Crippen LogP contribution < -0.4 is 10.9 Å². The first kappa shape index (κ1) is 22.2. The quantitative estimate of drug-likeness (QED) is 0.578. The SMILES string of the molecule is Cc1c(C(=O)OCC(=O)Nc2ccc(C(C)C)cc2)sc2nc3n(c(=O)c12)CCCCC3. The van der Waals surface area contributed by atoms with E-state index in [0.717, 1.165) is 42.8 Å². The standard InChI is InChI=1S/C24H27N3O4S/c1-14(2)16-8-10-17(11-9-16)25-19(28)13-31-24(30)21-15(3)20-22(32-21)26-18-7-5-4-6-12-27(18)23(20)29/h8-11,14H,4-7,12-13H2,1-3H3,(H,25,28). The molecule has 3 aromatic rings. The van der Waals surface area contributed by atoms with Crippen LogP contribution in [-0.2, 0) is 22.5 Å². The summed E-state index contributed by atoms with van der Waals surface area (Å²) >= 11 is 1.15. The number of aromatic nitrogens is 2. The van der Waals surface area contributed by atoms with E-state index in [-0.39, 0.29) is 5.56 Å². The van der Waals surface area contributed by atoms with Crippen LogP contribution in [0.1, 0.15) is 65.7 Å². The van der Waals surface area contributed by atoms with Crippen LogP contribution in [0.5, 0.6) is 0 Å². The molecular formula is C24H27N3O4S. The Hall–Kier alpha value is -3.00. The van der Waals surface area contributed by atoms with Gasteiger partial charge in [0.05, 0.1) is 5.39 Å². The minimum absolute atomic E-state index is 0.0951. The Balaban J connectivity index is 1.47. The van der Waals surface area contributed by atoms with E-state index in [1.807, 2.05) is 24.3 Å². The van der Waals surface area contributed by atoms with Crippen LogP contribution >= 0.6 is 11.3 Å². The summed E-state index contributed by atoms with van der Waals surface area (Å²) in [5.74, 6) is 0.154. The molecule has 0 bridgehead atoms. The molecular weight excluding hydrogens is 426 g/mol. The van der Waals surface area contributed by atoms with Gasteiger partial charge in [-0.05, 0) is 48.9 Å². The van der Waals surface area contributed by atoms with Crippen LogP contribution in [0.25, 0.3) is 10.2 Å². The molecule has 0 fully saturated rings. The van der Waals surface area contributed by atoms with Gasteiger partial charge in [0.15, 0.2) is 6.61 Å². The second-order valence-corrected chi connectivity index (χ2v) is 9.43. The van der Waals surface area contributed by atoms with E-state index in [0.29, 0.717) is 38.8 Å². The average Bonchev–Trinajstić information content (AvgIpc) is 2.94. The zero-order valence-corrected chi connectivity index (χ0v) is 19.4. The van der Waals surface area contributed by atoms with Crippen molar-refractivity contribution in [2.24, 2.45) is 0 Å². The van der Waals surface area contributed by atoms with Gasteiger partial charge in [0.2, 0.25) is 0 Å². The predicted octanol–water partition coefficient (Wildman–Crippen LogP) is 4.41. The third-order valence-electron chi connectivity index (χ3n) is 5.79. The highest BCUT2D eigenvalue weighted by Crippen LogP contribution is 2.29. The highest BCUT2D eigenvalue weighted by atomic mass is 32.1. The summed E-state index contributed by atoms with van der Waals surface area (Å²) in [6.45, 7) is 6.19. The maximum atomic E-state index is 13.0. The minimum atomic E-state index is -0.615. The number of aryl methyl sites for hydroxylation is 2. The van der Waals surface area contributed by atoms with Gasteiger partial charge in [-0.1, -0.05) is 32.4 Å². The van der Waals surface area contributed by atoms with Crippen molar-refractivity contribution in [3.63, 3.8) is 0 Å². The minimum Gasteiger partial charge on any atom is -0.451 e. The number of esters is 1. The molecule has 1 N–H and O–H groups in total. The van der Waals surface area contributed by atoms with Gasteiger partial charge in [-0.15, -0.1) is 11.3 Å². The van der Waals surface area contributed by atoms with Crippen LogP contribution in [0.15, 0.2) is 29.1 Å². The number of benzene rings is 1. The molecule has 1 amide bonds. The Bertz CT molecular complexity index is 1220. The van der Waals surface area contributed by atoms with Crippen LogP contribution in [0.4, 0.5) is 5.69 Å². The number of hydrogen-bond donors (Lipinski definition) is 1. The second kappa shape index (κ2) is 9.24. The highest BCUT2D eigenvalue weighted by molar-refractivity contribution is 7.20. The number of nitrogens with one attached hydrogen (secondary N) is 1. The molecule has 168 valence electrons. The number of nitrogens with zero attached hydrogens (tertiary/aromatic N) is 2. The molecule has 0 saturated carbocycles. The lowest BCUT2D eigenvalue weighted by atomic mass is 10.0. The Kier molecular flexibility index (Phi) is 6.41. The van der Waals surface area contributed by atoms with E-state index in [1.165, 1.54) is 5.56 Å². The van der Waals surface area contributed by atoms with Crippen molar-refractivity contribution >= 4 is 39.1 Å². The number of fused-ring (bicyclic) bond motifs is 2. The van der Waals surface area contributed by atoms with E-state index in [1.54, 1.807) is 11.5 Å². The van der Waals surface area contributed by atoms with Gasteiger partial charge in [0, 0.05) is 18.7 Å². The van der Waals surface area contributed by atoms with Gasteiger partial charge in [0.1, 0.15) is 15.5 Å². The molecule has 1 aliphatic heterocycles. The first-order valence-electron chi connectivity index (χ1n) is 10.9. The summed E-state index contributed by atoms with van der Waals surface area (Å²) in [6.07, 6.45) is 3.80. The van der Waals surface area contributed by atoms with E-state index < -0.39 is 18.5 Å². The summed E-state index contributed by atoms with van der Waals surface area (Å²) in [7, 11) is 0. The number of ether oxygens (including phenoxy) is 1. The highest BCUT2D eigenvalue weighted by Gasteiger charge is 2.23. The maximum Gasteiger partial charge on any atom is 0.349 e. The molecule has 2 aromatic heterocycles. The van der Waals surface area contributed by atoms with Gasteiger partial charge >= 0.3 is 5.97 Å². The third kappa shape index (κ3) is 4.46. The molecule has 1 aromatic carbocycles. The van der Waals surface area contributed by atoms with E-state index in [4.69, 9.17) is 4.74 Å². The fourth-order valence-electron chi connectivity index (χ4n) is 3.95. The number of hydrogen-bond acceptors (Lipinski definition) is 6. The molecule has 4 rings (SSSR count). The zero-order valence-electron chi connectivity index (χ0n) is 18.6. The summed E-state index contributed by atoms with van der Waals surface area (Å²) in [5, 5.41) is 3.20. The van der Waals surface area contributed by atoms with Gasteiger partial charge in [-0.25, -0.2) is 9.78 Å². The zero-order chi connectivity index (χ0) is 22.8. The Morgan fingerprint density at radius 2 is 1.94 bits per heavy atom. The lowest BCUT2D eigenvalue weighted by Gasteiger charge is -2.09. The summed E-state index contributed by atoms with van der Waals surface area (Å²) < 4.78 is 6.98. The molecule has 8 heteroatoms. The summed E-state index contributed by atoms with van der Waals surface area (Å²) in [6, 6.07) is 7.57. The summed E-state index contributed by atoms with van der Waals surface area (Å²) in [5.41, 5.74) is 2.29. The van der Waals surface area contributed by atoms with Crippen LogP contribution in [0.2, 0.25) is 0 Å². The van der Waals surface area contributed by atoms with Crippen molar-refractivity contribution in [3.8, 4) is 0 Å². The smallest absolute Gasteiger partial charge is 0.349 e. The van der Waals surface area contributed by atoms with Gasteiger partial charge in [-0.2, -0.15) is 0 Å². The Morgan fingerprint density at radius 1 is 1.19 bits per heavy atom. The topological polar surface area (TPSA) is 90.3 Å². The molecule has 0 saturated heterocycles. The third-order valence-corrected chi connectivity index (χ3v) is 6.96. The largest absolute Gasteiger partial charge is 0.451 e. The molecule has 0 spiro atoms. The molecule has 0 atom stereocenters. The van der Waals surface area contributed by atoms with Crippen LogP contribution in [-0.4, -0.2) is 28.0 Å². The van der Waals surface area contributed by atoms with Crippen molar-refractivity contribution in [3.05, 3.63) is 56.4 Å². The molecule has 1 aliphatic rings. The van der Waals surface area contributed by atoms with Crippen molar-refractivity contribution in [2.75, 3.05) is 11.9 Å². The molecule has 3 heterocycles. The fourth-order valence-corrected chi connectivity index (χ4v) is 5.03. The monoisotopic (exact) mass is 453 g/mol. The number of carbonyl (C=O) groups excluding carboxylic acids is 2. The molecule has 0 radical (unpaired) electrons. The van der Waals surface area contributed by atoms with Gasteiger partial charge < -0.3 is 10.1 Å². The van der Waals surface area contributed by atoms with Crippen molar-refractivity contribution in [1.29, 1.82) is 0 Å². The number of rotatable bonds is 5. The number of anilines is 1. The van der Waals surface area contributed by atoms with Crippen molar-refractivity contribution in [1.82, 2.24) is 9.55 Å². The van der Waals surface area contributed by atoms with Crippen LogP contribution in [0.3, 0.4) is 0 Å². The maximum absolute atomic E-state index is 13.0. The van der Waals surface area contributed by atoms with Gasteiger partial charge in [-0.3, -0.25) is 14.2 Å². The number of carbonyl (C=O) groups is 2. The second-order valence-electron chi connectivity index (χ2n) is 8.43. The average molecular weight is 454 g/mol. The lowest BCUT2D eigenvalue weighted by molar-refractivity contribution is -0.119. The Labute approximate surface area is 190 Å². The van der Waals surface area contributed by atoms with Crippen molar-refractivity contribution in [2.45, 2.75) is 58.9 Å². The van der Waals surface area contributed by atoms with E-state index >= 15 is 0 Å². The predicted molar refractivity (Wildman–Crippen MR) is 126 cm³/mol.